The quantitative estimate of drug-likeness (QED) is 0.132. The molecule has 0 saturated carbocycles. The van der Waals surface area contributed by atoms with Crippen LogP contribution in [0.2, 0.25) is 0 Å². The molecule has 0 saturated heterocycles. The lowest BCUT2D eigenvalue weighted by atomic mass is 9.99. The summed E-state index contributed by atoms with van der Waals surface area (Å²) in [5.41, 5.74) is 19.2. The lowest BCUT2D eigenvalue weighted by Gasteiger charge is -2.13. The van der Waals surface area contributed by atoms with Gasteiger partial charge in [-0.1, -0.05) is 605 Å². The van der Waals surface area contributed by atoms with Gasteiger partial charge in [-0.3, -0.25) is 0 Å². The van der Waals surface area contributed by atoms with Crippen molar-refractivity contribution in [3.05, 3.63) is 356 Å². The topological polar surface area (TPSA) is 30.1 Å². The highest BCUT2D eigenvalue weighted by atomic mass is 15.0. The Morgan fingerprint density at radius 2 is 0.319 bits per heavy atom. The van der Waals surface area contributed by atoms with Gasteiger partial charge in [0.15, 0.2) is 0 Å². The molecule has 5 aromatic heterocycles. The first-order valence-electron chi connectivity index (χ1n) is 57.3. The largest absolute Gasteiger partial charge is 0.355 e. The van der Waals surface area contributed by atoms with E-state index in [0.29, 0.717) is 0 Å². The van der Waals surface area contributed by atoms with Gasteiger partial charge in [0.1, 0.15) is 0 Å². The predicted molar refractivity (Wildman–Crippen MR) is 686 cm³/mol. The summed E-state index contributed by atoms with van der Waals surface area (Å²) >= 11 is 0. The van der Waals surface area contributed by atoms with E-state index in [4.69, 9.17) is 0 Å². The second kappa shape index (κ2) is 95.6. The minimum atomic E-state index is 1.21. The number of hydrogen-bond donors (Lipinski definition) is 1. The number of hydrogen-bond acceptors (Lipinski definition) is 0. The Kier molecular flexibility index (Phi) is 97.6. The van der Waals surface area contributed by atoms with Crippen LogP contribution in [-0.2, 0) is 0 Å². The fourth-order valence-corrected chi connectivity index (χ4v) is 15.5. The Morgan fingerprint density at radius 3 is 0.604 bits per heavy atom. The predicted octanol–water partition coefficient (Wildman–Crippen LogP) is 49.9. The molecule has 144 heavy (non-hydrogen) atoms. The smallest absolute Gasteiger partial charge is 0.0619 e. The molecule has 4 nitrogen and oxygen atoms in total. The highest BCUT2D eigenvalue weighted by Gasteiger charge is 2.19. The van der Waals surface area contributed by atoms with Crippen LogP contribution in [0.5, 0.6) is 0 Å². The Labute approximate surface area is 886 Å². The molecule has 0 unspecified atom stereocenters. The summed E-state index contributed by atoms with van der Waals surface area (Å²) < 4.78 is 7.25. The van der Waals surface area contributed by atoms with E-state index >= 15 is 0 Å². The molecule has 0 fully saturated rings. The minimum Gasteiger partial charge on any atom is -0.355 e. The molecule has 0 aliphatic rings. The molecular formula is C140H212N4. The van der Waals surface area contributed by atoms with E-state index in [-0.39, 0.29) is 0 Å². The van der Waals surface area contributed by atoms with Crippen LogP contribution < -0.4 is 0 Å². The van der Waals surface area contributed by atoms with E-state index in [1.165, 1.54) is 180 Å². The molecular weight excluding hydrogens is 1740 g/mol. The van der Waals surface area contributed by atoms with Gasteiger partial charge in [-0.25, -0.2) is 0 Å². The molecule has 0 amide bonds. The maximum Gasteiger partial charge on any atom is 0.0619 e. The fourth-order valence-electron chi connectivity index (χ4n) is 15.5. The van der Waals surface area contributed by atoms with Crippen LogP contribution in [0.15, 0.2) is 334 Å². The first-order chi connectivity index (χ1) is 71.4. The average molecular weight is 1950 g/mol. The van der Waals surface area contributed by atoms with Gasteiger partial charge in [0.05, 0.1) is 50.0 Å². The second-order valence-electron chi connectivity index (χ2n) is 25.3. The van der Waals surface area contributed by atoms with E-state index in [1.54, 1.807) is 0 Å². The van der Waals surface area contributed by atoms with Crippen LogP contribution in [0.4, 0.5) is 0 Å². The van der Waals surface area contributed by atoms with Crippen LogP contribution in [0, 0.1) is 27.7 Å². The molecule has 0 atom stereocenters. The number of H-pyrrole nitrogens is 1. The van der Waals surface area contributed by atoms with Gasteiger partial charge in [0.25, 0.3) is 0 Å². The summed E-state index contributed by atoms with van der Waals surface area (Å²) in [6.45, 7) is 105. The van der Waals surface area contributed by atoms with Crippen molar-refractivity contribution < 1.29 is 0 Å². The molecule has 5 heterocycles. The van der Waals surface area contributed by atoms with Gasteiger partial charge < -0.3 is 18.5 Å². The molecule has 1 N–H and O–H groups in total. The highest BCUT2D eigenvalue weighted by Crippen LogP contribution is 2.42. The summed E-state index contributed by atoms with van der Waals surface area (Å²) in [7, 11) is 0. The van der Waals surface area contributed by atoms with E-state index in [9.17, 15) is 0 Å². The van der Waals surface area contributed by atoms with E-state index < -0.39 is 0 Å². The Morgan fingerprint density at radius 1 is 0.139 bits per heavy atom. The third-order valence-corrected chi connectivity index (χ3v) is 19.7. The van der Waals surface area contributed by atoms with Crippen molar-refractivity contribution in [2.45, 2.75) is 360 Å². The second-order valence-corrected chi connectivity index (χ2v) is 25.3. The maximum atomic E-state index is 3.38. The van der Waals surface area contributed by atoms with Gasteiger partial charge in [-0.15, -0.1) is 0 Å². The number of rotatable bonds is 2. The molecule has 0 spiro atoms. The standard InChI is InChI=1S/2C23H17N.C22H13N.C12H9N.C12H12.24C2H6/c2*1-16-8-6-9-17-10-7-15-22(23(16)17)24-20-13-4-2-11-18(20)19-12-3-5-14-21(19)24;1-2-12-19-15(8-1)17-10-5-11-18-16-9-3-6-14-7-4-13-20(21(14)16)23(19)22(17)18;1-3-7-11-9(5-1)10-6-2-4-8-12(10)13-11;1-9-5-3-7-11-8-4-6-10(2)12(9)11;24*1-2/h2*2-15H,1H3;1-13H;1-8,13H;3-8H,1-2H3;24*1-2H3. The molecule has 792 valence electrons. The molecule has 21 rings (SSSR count). The molecule has 0 bridgehead atoms. The first-order valence-corrected chi connectivity index (χ1v) is 57.3. The maximum absolute atomic E-state index is 3.38. The SMILES string of the molecule is CC.CC.CC.CC.CC.CC.CC.CC.CC.CC.CC.CC.CC.CC.CC.CC.CC.CC.CC.CC.CC.CC.CC.CC.Cc1cccc2cccc(-n3c4ccccc4c4ccccc43)c12.Cc1cccc2cccc(-n3c4ccccc4c4ccccc43)c12.Cc1cccc2cccc(C)c12.c1cc2cccc3c2c(c1)c1cccc2c4ccccc4n3c12.c1ccc2c(c1)[nH]c1ccccc12. The van der Waals surface area contributed by atoms with Gasteiger partial charge in [0.2, 0.25) is 0 Å². The molecule has 0 aliphatic heterocycles. The molecule has 16 aromatic carbocycles. The number of fused-ring (bicyclic) bond motifs is 17. The summed E-state index contributed by atoms with van der Waals surface area (Å²) in [5, 5.41) is 23.8. The van der Waals surface area contributed by atoms with Crippen molar-refractivity contribution in [2.75, 3.05) is 0 Å². The monoisotopic (exact) mass is 1950 g/mol. The number of aromatic amines is 1. The van der Waals surface area contributed by atoms with Crippen LogP contribution in [0.1, 0.15) is 355 Å². The number of para-hydroxylation sites is 8. The molecule has 0 radical (unpaired) electrons. The lowest BCUT2D eigenvalue weighted by Crippen LogP contribution is -1.96. The zero-order valence-corrected chi connectivity index (χ0v) is 102. The first kappa shape index (κ1) is 147. The zero-order chi connectivity index (χ0) is 112. The third-order valence-electron chi connectivity index (χ3n) is 19.7. The summed E-state index contributed by atoms with van der Waals surface area (Å²) in [4.78, 5) is 3.38. The Balaban J connectivity index is -0.000000245. The number of nitrogens with one attached hydrogen (secondary N) is 1. The molecule has 0 aliphatic carbocycles. The van der Waals surface area contributed by atoms with E-state index in [0.717, 1.165) is 0 Å². The van der Waals surface area contributed by atoms with Crippen molar-refractivity contribution in [2.24, 2.45) is 0 Å². The van der Waals surface area contributed by atoms with E-state index in [2.05, 4.69) is 380 Å². The van der Waals surface area contributed by atoms with Crippen LogP contribution in [0.3, 0.4) is 0 Å². The zero-order valence-electron chi connectivity index (χ0n) is 102. The van der Waals surface area contributed by atoms with Crippen molar-refractivity contribution in [3.63, 3.8) is 0 Å². The highest BCUT2D eigenvalue weighted by molar-refractivity contribution is 6.27. The van der Waals surface area contributed by atoms with Gasteiger partial charge in [-0.05, 0) is 143 Å². The van der Waals surface area contributed by atoms with Crippen molar-refractivity contribution >= 4 is 147 Å². The lowest BCUT2D eigenvalue weighted by molar-refractivity contribution is 1.19. The van der Waals surface area contributed by atoms with Crippen molar-refractivity contribution in [1.29, 1.82) is 0 Å². The van der Waals surface area contributed by atoms with Crippen LogP contribution >= 0.6 is 0 Å². The van der Waals surface area contributed by atoms with Gasteiger partial charge >= 0.3 is 0 Å². The summed E-state index contributed by atoms with van der Waals surface area (Å²) in [6, 6.07) is 119. The summed E-state index contributed by atoms with van der Waals surface area (Å²) in [6.07, 6.45) is 0. The number of aryl methyl sites for hydroxylation is 4. The number of nitrogens with zero attached hydrogens (tertiary/aromatic N) is 3. The van der Waals surface area contributed by atoms with Crippen molar-refractivity contribution in [1.82, 2.24) is 18.5 Å². The Bertz CT molecular complexity index is 6120. The number of pyridine rings is 1. The molecule has 21 aromatic rings. The third kappa shape index (κ3) is 39.0. The van der Waals surface area contributed by atoms with E-state index in [1.807, 2.05) is 332 Å². The molecule has 4 heteroatoms. The minimum absolute atomic E-state index is 1.21. The normalized spacial score (nSPS) is 8.69. The van der Waals surface area contributed by atoms with Crippen LogP contribution in [0.25, 0.3) is 158 Å². The van der Waals surface area contributed by atoms with Gasteiger partial charge in [-0.2, -0.15) is 0 Å². The summed E-state index contributed by atoms with van der Waals surface area (Å²) in [5.74, 6) is 0. The van der Waals surface area contributed by atoms with Crippen molar-refractivity contribution in [3.8, 4) is 11.4 Å². The number of aromatic nitrogens is 4. The Hall–Kier alpha value is -12.2. The number of benzene rings is 16. The fraction of sp³-hybridized carbons (Fsp3) is 0.371. The van der Waals surface area contributed by atoms with Crippen LogP contribution in [-0.4, -0.2) is 18.5 Å². The van der Waals surface area contributed by atoms with Gasteiger partial charge in [0, 0.05) is 75.7 Å². The average Bonchev–Trinajstić information content (AvgIpc) is 1.54.